The van der Waals surface area contributed by atoms with E-state index in [4.69, 9.17) is 32.7 Å². The Morgan fingerprint density at radius 3 is 2.12 bits per heavy atom. The molecule has 32 heavy (non-hydrogen) atoms. The number of benzene rings is 2. The van der Waals surface area contributed by atoms with Crippen molar-refractivity contribution in [2.45, 2.75) is 57.7 Å². The minimum absolute atomic E-state index is 0.00858. The first-order chi connectivity index (χ1) is 14.9. The Morgan fingerprint density at radius 1 is 1.00 bits per heavy atom. The first-order valence-corrected chi connectivity index (χ1v) is 10.9. The van der Waals surface area contributed by atoms with E-state index in [1.54, 1.807) is 20.8 Å². The van der Waals surface area contributed by atoms with Crippen LogP contribution in [0.1, 0.15) is 62.4 Å². The fourth-order valence-electron chi connectivity index (χ4n) is 3.55. The van der Waals surface area contributed by atoms with E-state index < -0.39 is 27.9 Å². The Hall–Kier alpha value is -2.64. The zero-order valence-corrected chi connectivity index (χ0v) is 19.5. The van der Waals surface area contributed by atoms with Gasteiger partial charge < -0.3 is 9.47 Å². The predicted molar refractivity (Wildman–Crippen MR) is 121 cm³/mol. The number of hydrogen-bond donors (Lipinski definition) is 0. The molecular formula is C23H23Cl2NO6. The van der Waals surface area contributed by atoms with Crippen LogP contribution in [0.5, 0.6) is 5.75 Å². The van der Waals surface area contributed by atoms with Crippen LogP contribution in [-0.4, -0.2) is 27.9 Å². The molecule has 9 heteroatoms. The standard InChI is InChI=1S/C23H23Cl2NO6/c1-22(2,3)32-21(28)23(12-4-5-13-23)31-17-11-10-16(18(24)19(17)25)20(27)14-6-8-15(9-7-14)26(29)30/h6-11H,4-5,12-13H2,1-3H3. The summed E-state index contributed by atoms with van der Waals surface area (Å²) in [6, 6.07) is 8.15. The molecule has 0 amide bonds. The second kappa shape index (κ2) is 9.08. The number of non-ortho nitro benzene ring substituents is 1. The normalized spacial score (nSPS) is 15.3. The van der Waals surface area contributed by atoms with Crippen molar-refractivity contribution in [3.63, 3.8) is 0 Å². The number of esters is 1. The van der Waals surface area contributed by atoms with Crippen LogP contribution in [0.2, 0.25) is 10.0 Å². The molecule has 170 valence electrons. The smallest absolute Gasteiger partial charge is 0.351 e. The molecule has 0 radical (unpaired) electrons. The van der Waals surface area contributed by atoms with Crippen LogP contribution < -0.4 is 4.74 Å². The number of carbonyl (C=O) groups is 2. The van der Waals surface area contributed by atoms with Crippen molar-refractivity contribution in [2.24, 2.45) is 0 Å². The number of hydrogen-bond acceptors (Lipinski definition) is 6. The highest BCUT2D eigenvalue weighted by Crippen LogP contribution is 2.42. The van der Waals surface area contributed by atoms with Crippen molar-refractivity contribution in [3.8, 4) is 5.75 Å². The zero-order chi connectivity index (χ0) is 23.7. The average molecular weight is 480 g/mol. The second-order valence-corrected chi connectivity index (χ2v) is 9.43. The van der Waals surface area contributed by atoms with Crippen LogP contribution in [0.25, 0.3) is 0 Å². The van der Waals surface area contributed by atoms with E-state index in [-0.39, 0.29) is 32.6 Å². The largest absolute Gasteiger partial charge is 0.474 e. The molecule has 0 aliphatic heterocycles. The molecule has 0 saturated heterocycles. The second-order valence-electron chi connectivity index (χ2n) is 8.68. The van der Waals surface area contributed by atoms with E-state index in [0.717, 1.165) is 12.8 Å². The van der Waals surface area contributed by atoms with E-state index >= 15 is 0 Å². The Labute approximate surface area is 195 Å². The van der Waals surface area contributed by atoms with Crippen molar-refractivity contribution < 1.29 is 24.0 Å². The van der Waals surface area contributed by atoms with Crippen molar-refractivity contribution >= 4 is 40.6 Å². The van der Waals surface area contributed by atoms with Crippen LogP contribution in [0.15, 0.2) is 36.4 Å². The van der Waals surface area contributed by atoms with Crippen molar-refractivity contribution in [1.82, 2.24) is 0 Å². The number of carbonyl (C=O) groups excluding carboxylic acids is 2. The highest BCUT2D eigenvalue weighted by atomic mass is 35.5. The molecule has 0 N–H and O–H groups in total. The van der Waals surface area contributed by atoms with Crippen LogP contribution in [0.3, 0.4) is 0 Å². The lowest BCUT2D eigenvalue weighted by Crippen LogP contribution is -2.46. The van der Waals surface area contributed by atoms with Gasteiger partial charge in [0, 0.05) is 23.3 Å². The molecule has 1 aliphatic rings. The number of ether oxygens (including phenoxy) is 2. The average Bonchev–Trinajstić information content (AvgIpc) is 3.20. The summed E-state index contributed by atoms with van der Waals surface area (Å²) in [6.07, 6.45) is 2.58. The van der Waals surface area contributed by atoms with Gasteiger partial charge in [-0.05, 0) is 70.7 Å². The van der Waals surface area contributed by atoms with Crippen LogP contribution in [0, 0.1) is 10.1 Å². The van der Waals surface area contributed by atoms with Crippen molar-refractivity contribution in [1.29, 1.82) is 0 Å². The summed E-state index contributed by atoms with van der Waals surface area (Å²) in [5, 5.41) is 10.8. The van der Waals surface area contributed by atoms with Gasteiger partial charge >= 0.3 is 5.97 Å². The molecule has 1 aliphatic carbocycles. The Morgan fingerprint density at radius 2 is 1.59 bits per heavy atom. The molecule has 1 fully saturated rings. The molecule has 1 saturated carbocycles. The molecule has 3 rings (SSSR count). The lowest BCUT2D eigenvalue weighted by molar-refractivity contribution is -0.384. The maximum absolute atomic E-state index is 12.9. The molecule has 2 aromatic rings. The number of nitro groups is 1. The van der Waals surface area contributed by atoms with Gasteiger partial charge in [0.2, 0.25) is 5.60 Å². The molecule has 0 heterocycles. The Balaban J connectivity index is 1.88. The van der Waals surface area contributed by atoms with Gasteiger partial charge in [-0.25, -0.2) is 4.79 Å². The molecule has 0 unspecified atom stereocenters. The third-order valence-electron chi connectivity index (χ3n) is 5.12. The van der Waals surface area contributed by atoms with E-state index in [9.17, 15) is 19.7 Å². The summed E-state index contributed by atoms with van der Waals surface area (Å²) in [6.45, 7) is 5.36. The van der Waals surface area contributed by atoms with Gasteiger partial charge in [0.15, 0.2) is 5.78 Å². The maximum atomic E-state index is 12.9. The van der Waals surface area contributed by atoms with Crippen molar-refractivity contribution in [3.05, 3.63) is 67.7 Å². The summed E-state index contributed by atoms with van der Waals surface area (Å²) in [4.78, 5) is 36.0. The zero-order valence-electron chi connectivity index (χ0n) is 17.9. The number of nitrogens with zero attached hydrogens (tertiary/aromatic N) is 1. The van der Waals surface area contributed by atoms with E-state index in [1.807, 2.05) is 0 Å². The highest BCUT2D eigenvalue weighted by Gasteiger charge is 2.47. The Bertz CT molecular complexity index is 1050. The first kappa shape index (κ1) is 24.0. The van der Waals surface area contributed by atoms with Crippen LogP contribution >= 0.6 is 23.2 Å². The topological polar surface area (TPSA) is 95.7 Å². The van der Waals surface area contributed by atoms with Crippen LogP contribution in [0.4, 0.5) is 5.69 Å². The Kier molecular flexibility index (Phi) is 6.81. The molecule has 2 aromatic carbocycles. The number of nitro benzene ring substituents is 1. The van der Waals surface area contributed by atoms with E-state index in [2.05, 4.69) is 0 Å². The molecular weight excluding hydrogens is 457 g/mol. The SMILES string of the molecule is CC(C)(C)OC(=O)C1(Oc2ccc(C(=O)c3ccc([N+](=O)[O-])cc3)c(Cl)c2Cl)CCCC1. The molecule has 0 bridgehead atoms. The summed E-state index contributed by atoms with van der Waals surface area (Å²) in [5.74, 6) is -0.716. The van der Waals surface area contributed by atoms with Gasteiger partial charge in [0.05, 0.1) is 9.95 Å². The van der Waals surface area contributed by atoms with Crippen LogP contribution in [-0.2, 0) is 9.53 Å². The van der Waals surface area contributed by atoms with Gasteiger partial charge in [-0.1, -0.05) is 23.2 Å². The van der Waals surface area contributed by atoms with E-state index in [1.165, 1.54) is 36.4 Å². The summed E-state index contributed by atoms with van der Waals surface area (Å²) < 4.78 is 11.7. The molecule has 0 spiro atoms. The quantitative estimate of drug-likeness (QED) is 0.213. The molecule has 0 aromatic heterocycles. The van der Waals surface area contributed by atoms with Gasteiger partial charge in [0.25, 0.3) is 5.69 Å². The van der Waals surface area contributed by atoms with Gasteiger partial charge in [0.1, 0.15) is 16.4 Å². The van der Waals surface area contributed by atoms with E-state index in [0.29, 0.717) is 12.8 Å². The minimum Gasteiger partial charge on any atom is -0.474 e. The van der Waals surface area contributed by atoms with Gasteiger partial charge in [-0.15, -0.1) is 0 Å². The third-order valence-corrected chi connectivity index (χ3v) is 5.98. The first-order valence-electron chi connectivity index (χ1n) is 10.1. The number of rotatable bonds is 6. The fraction of sp³-hybridized carbons (Fsp3) is 0.391. The minimum atomic E-state index is -1.16. The fourth-order valence-corrected chi connectivity index (χ4v) is 4.00. The van der Waals surface area contributed by atoms with Gasteiger partial charge in [-0.3, -0.25) is 14.9 Å². The molecule has 7 nitrogen and oxygen atoms in total. The predicted octanol–water partition coefficient (Wildman–Crippen LogP) is 6.17. The van der Waals surface area contributed by atoms with Crippen molar-refractivity contribution in [2.75, 3.05) is 0 Å². The number of ketones is 1. The summed E-state index contributed by atoms with van der Waals surface area (Å²) in [5.41, 5.74) is -1.61. The summed E-state index contributed by atoms with van der Waals surface area (Å²) in [7, 11) is 0. The lowest BCUT2D eigenvalue weighted by atomic mass is 10.0. The molecule has 0 atom stereocenters. The van der Waals surface area contributed by atoms with Gasteiger partial charge in [-0.2, -0.15) is 0 Å². The summed E-state index contributed by atoms with van der Waals surface area (Å²) >= 11 is 12.8. The maximum Gasteiger partial charge on any atom is 0.351 e. The third kappa shape index (κ3) is 5.05. The highest BCUT2D eigenvalue weighted by molar-refractivity contribution is 6.45. The monoisotopic (exact) mass is 479 g/mol. The number of halogens is 2. The lowest BCUT2D eigenvalue weighted by Gasteiger charge is -2.32.